The number of hydrogen-bond acceptors (Lipinski definition) is 2. The highest BCUT2D eigenvalue weighted by Gasteiger charge is 2.24. The first-order valence-electron chi connectivity index (χ1n) is 4.99. The van der Waals surface area contributed by atoms with Crippen molar-refractivity contribution in [3.8, 4) is 0 Å². The van der Waals surface area contributed by atoms with Crippen molar-refractivity contribution in [3.05, 3.63) is 23.3 Å². The SMILES string of the molecule is C=C(C)C1CCC(C)=C1COC(C)=O. The molecule has 1 aliphatic carbocycles. The summed E-state index contributed by atoms with van der Waals surface area (Å²) in [6, 6.07) is 0. The molecule has 1 rings (SSSR count). The van der Waals surface area contributed by atoms with Crippen LogP contribution < -0.4 is 0 Å². The molecule has 0 N–H and O–H groups in total. The van der Waals surface area contributed by atoms with Gasteiger partial charge in [0.05, 0.1) is 0 Å². The Morgan fingerprint density at radius 2 is 2.21 bits per heavy atom. The van der Waals surface area contributed by atoms with Crippen LogP contribution in [0, 0.1) is 5.92 Å². The molecule has 78 valence electrons. The quantitative estimate of drug-likeness (QED) is 0.510. The molecule has 0 heterocycles. The van der Waals surface area contributed by atoms with Crippen LogP contribution in [0.25, 0.3) is 0 Å². The average Bonchev–Trinajstić information content (AvgIpc) is 2.43. The number of rotatable bonds is 3. The summed E-state index contributed by atoms with van der Waals surface area (Å²) in [4.78, 5) is 10.7. The van der Waals surface area contributed by atoms with Crippen molar-refractivity contribution in [3.63, 3.8) is 0 Å². The third-order valence-corrected chi connectivity index (χ3v) is 2.80. The van der Waals surface area contributed by atoms with Crippen LogP contribution in [-0.2, 0) is 9.53 Å². The molecule has 0 spiro atoms. The van der Waals surface area contributed by atoms with Crippen molar-refractivity contribution in [2.45, 2.75) is 33.6 Å². The van der Waals surface area contributed by atoms with E-state index in [0.29, 0.717) is 12.5 Å². The zero-order valence-electron chi connectivity index (χ0n) is 9.22. The molecule has 0 bridgehead atoms. The van der Waals surface area contributed by atoms with Crippen LogP contribution in [0.1, 0.15) is 33.6 Å². The maximum absolute atomic E-state index is 10.7. The molecule has 0 aromatic rings. The van der Waals surface area contributed by atoms with Crippen LogP contribution in [0.5, 0.6) is 0 Å². The van der Waals surface area contributed by atoms with Gasteiger partial charge in [0, 0.05) is 12.8 Å². The Morgan fingerprint density at radius 3 is 2.71 bits per heavy atom. The Morgan fingerprint density at radius 1 is 1.57 bits per heavy atom. The first kappa shape index (κ1) is 11.0. The van der Waals surface area contributed by atoms with Gasteiger partial charge in [-0.3, -0.25) is 4.79 Å². The molecule has 14 heavy (non-hydrogen) atoms. The van der Waals surface area contributed by atoms with Crippen LogP contribution in [0.2, 0.25) is 0 Å². The predicted octanol–water partition coefficient (Wildman–Crippen LogP) is 2.85. The van der Waals surface area contributed by atoms with Gasteiger partial charge in [-0.25, -0.2) is 0 Å². The van der Waals surface area contributed by atoms with E-state index in [0.717, 1.165) is 12.8 Å². The van der Waals surface area contributed by atoms with Crippen LogP contribution in [0.4, 0.5) is 0 Å². The molecule has 0 radical (unpaired) electrons. The van der Waals surface area contributed by atoms with Crippen molar-refractivity contribution >= 4 is 5.97 Å². The Hall–Kier alpha value is -1.05. The molecule has 2 nitrogen and oxygen atoms in total. The first-order valence-corrected chi connectivity index (χ1v) is 4.99. The van der Waals surface area contributed by atoms with Crippen molar-refractivity contribution in [1.82, 2.24) is 0 Å². The number of ether oxygens (including phenoxy) is 1. The molecule has 0 aliphatic heterocycles. The van der Waals surface area contributed by atoms with Gasteiger partial charge in [0.25, 0.3) is 0 Å². The van der Waals surface area contributed by atoms with E-state index < -0.39 is 0 Å². The number of hydrogen-bond donors (Lipinski definition) is 0. The third kappa shape index (κ3) is 2.47. The number of esters is 1. The fourth-order valence-corrected chi connectivity index (χ4v) is 1.94. The summed E-state index contributed by atoms with van der Waals surface area (Å²) in [5.74, 6) is 0.215. The van der Waals surface area contributed by atoms with Gasteiger partial charge in [0.15, 0.2) is 0 Å². The molecule has 2 heteroatoms. The number of allylic oxidation sites excluding steroid dienone is 2. The topological polar surface area (TPSA) is 26.3 Å². The minimum absolute atomic E-state index is 0.210. The molecule has 0 aromatic carbocycles. The molecular formula is C12H18O2. The lowest BCUT2D eigenvalue weighted by Gasteiger charge is -2.15. The van der Waals surface area contributed by atoms with E-state index in [4.69, 9.17) is 4.74 Å². The lowest BCUT2D eigenvalue weighted by molar-refractivity contribution is -0.140. The highest BCUT2D eigenvalue weighted by molar-refractivity contribution is 5.66. The van der Waals surface area contributed by atoms with Crippen LogP contribution >= 0.6 is 0 Å². The largest absolute Gasteiger partial charge is 0.461 e. The standard InChI is InChI=1S/C12H18O2/c1-8(2)11-6-5-9(3)12(11)7-14-10(4)13/h11H,1,5-7H2,2-4H3. The van der Waals surface area contributed by atoms with E-state index in [9.17, 15) is 4.79 Å². The molecule has 0 aromatic heterocycles. The van der Waals surface area contributed by atoms with E-state index in [2.05, 4.69) is 13.5 Å². The van der Waals surface area contributed by atoms with Gasteiger partial charge in [-0.05, 0) is 32.3 Å². The summed E-state index contributed by atoms with van der Waals surface area (Å²) >= 11 is 0. The minimum Gasteiger partial charge on any atom is -0.461 e. The molecule has 0 saturated heterocycles. The molecule has 0 amide bonds. The summed E-state index contributed by atoms with van der Waals surface area (Å²) in [6.07, 6.45) is 2.23. The van der Waals surface area contributed by atoms with E-state index >= 15 is 0 Å². The lowest BCUT2D eigenvalue weighted by Crippen LogP contribution is -2.10. The van der Waals surface area contributed by atoms with Crippen molar-refractivity contribution in [2.75, 3.05) is 6.61 Å². The van der Waals surface area contributed by atoms with Gasteiger partial charge in [-0.2, -0.15) is 0 Å². The monoisotopic (exact) mass is 194 g/mol. The normalized spacial score (nSPS) is 21.2. The molecule has 0 saturated carbocycles. The molecule has 1 atom stereocenters. The Bertz CT molecular complexity index is 287. The third-order valence-electron chi connectivity index (χ3n) is 2.80. The van der Waals surface area contributed by atoms with Gasteiger partial charge in [-0.1, -0.05) is 17.7 Å². The number of carbonyl (C=O) groups is 1. The highest BCUT2D eigenvalue weighted by Crippen LogP contribution is 2.35. The summed E-state index contributed by atoms with van der Waals surface area (Å²) in [7, 11) is 0. The van der Waals surface area contributed by atoms with Gasteiger partial charge in [0.2, 0.25) is 0 Å². The van der Waals surface area contributed by atoms with Crippen LogP contribution in [0.3, 0.4) is 0 Å². The zero-order chi connectivity index (χ0) is 10.7. The summed E-state index contributed by atoms with van der Waals surface area (Å²) < 4.78 is 5.04. The van der Waals surface area contributed by atoms with Gasteiger partial charge >= 0.3 is 5.97 Å². The lowest BCUT2D eigenvalue weighted by atomic mass is 9.95. The van der Waals surface area contributed by atoms with Crippen LogP contribution in [0.15, 0.2) is 23.3 Å². The van der Waals surface area contributed by atoms with E-state index in [1.165, 1.54) is 23.6 Å². The molecular weight excluding hydrogens is 176 g/mol. The fraction of sp³-hybridized carbons (Fsp3) is 0.583. The Balaban J connectivity index is 2.67. The second kappa shape index (κ2) is 4.45. The average molecular weight is 194 g/mol. The number of carbonyl (C=O) groups excluding carboxylic acids is 1. The Labute approximate surface area is 85.6 Å². The van der Waals surface area contributed by atoms with Gasteiger partial charge in [-0.15, -0.1) is 0 Å². The summed E-state index contributed by atoms with van der Waals surface area (Å²) in [5.41, 5.74) is 3.79. The predicted molar refractivity (Wildman–Crippen MR) is 56.9 cm³/mol. The van der Waals surface area contributed by atoms with Crippen LogP contribution in [-0.4, -0.2) is 12.6 Å². The smallest absolute Gasteiger partial charge is 0.302 e. The fourth-order valence-electron chi connectivity index (χ4n) is 1.94. The summed E-state index contributed by atoms with van der Waals surface area (Å²) in [5, 5.41) is 0. The van der Waals surface area contributed by atoms with E-state index in [-0.39, 0.29) is 5.97 Å². The minimum atomic E-state index is -0.210. The molecule has 1 unspecified atom stereocenters. The Kier molecular flexibility index (Phi) is 3.50. The first-order chi connectivity index (χ1) is 6.52. The van der Waals surface area contributed by atoms with E-state index in [1.807, 2.05) is 6.92 Å². The molecule has 0 fully saturated rings. The maximum atomic E-state index is 10.7. The maximum Gasteiger partial charge on any atom is 0.302 e. The van der Waals surface area contributed by atoms with Gasteiger partial charge in [0.1, 0.15) is 6.61 Å². The van der Waals surface area contributed by atoms with Crippen molar-refractivity contribution in [1.29, 1.82) is 0 Å². The van der Waals surface area contributed by atoms with Crippen molar-refractivity contribution in [2.24, 2.45) is 5.92 Å². The second-order valence-electron chi connectivity index (χ2n) is 4.02. The van der Waals surface area contributed by atoms with Gasteiger partial charge < -0.3 is 4.74 Å². The summed E-state index contributed by atoms with van der Waals surface area (Å²) in [6.45, 7) is 10.0. The van der Waals surface area contributed by atoms with Crippen molar-refractivity contribution < 1.29 is 9.53 Å². The zero-order valence-corrected chi connectivity index (χ0v) is 9.22. The second-order valence-corrected chi connectivity index (χ2v) is 4.02. The van der Waals surface area contributed by atoms with E-state index in [1.54, 1.807) is 0 Å². The molecule has 1 aliphatic rings. The highest BCUT2D eigenvalue weighted by atomic mass is 16.5.